The van der Waals surface area contributed by atoms with E-state index in [0.717, 1.165) is 30.7 Å². The molecule has 0 aromatic heterocycles. The van der Waals surface area contributed by atoms with Crippen molar-refractivity contribution in [1.29, 1.82) is 0 Å². The Morgan fingerprint density at radius 3 is 2.80 bits per heavy atom. The van der Waals surface area contributed by atoms with Crippen LogP contribution in [0.5, 0.6) is 5.75 Å². The third kappa shape index (κ3) is 3.76. The number of rotatable bonds is 6. The minimum atomic E-state index is 0.638. The van der Waals surface area contributed by atoms with Crippen molar-refractivity contribution in [2.75, 3.05) is 20.2 Å². The first-order chi connectivity index (χ1) is 9.76. The monoisotopic (exact) mass is 275 g/mol. The molecule has 1 aromatic rings. The van der Waals surface area contributed by atoms with Gasteiger partial charge in [0.15, 0.2) is 0 Å². The molecule has 0 radical (unpaired) electrons. The van der Waals surface area contributed by atoms with Crippen molar-refractivity contribution in [1.82, 2.24) is 5.32 Å². The second-order valence-electron chi connectivity index (χ2n) is 6.23. The van der Waals surface area contributed by atoms with Crippen LogP contribution in [0.3, 0.4) is 0 Å². The molecule has 0 aliphatic heterocycles. The molecule has 20 heavy (non-hydrogen) atoms. The minimum Gasteiger partial charge on any atom is -0.496 e. The Morgan fingerprint density at radius 1 is 1.25 bits per heavy atom. The van der Waals surface area contributed by atoms with E-state index in [-0.39, 0.29) is 0 Å². The van der Waals surface area contributed by atoms with Gasteiger partial charge in [0.05, 0.1) is 7.11 Å². The Balaban J connectivity index is 2.14. The molecule has 2 heteroatoms. The summed E-state index contributed by atoms with van der Waals surface area (Å²) in [6, 6.07) is 8.58. The SMILES string of the molecule is CCCNCC1CCC(C)CC1c1ccccc1OC. The van der Waals surface area contributed by atoms with E-state index < -0.39 is 0 Å². The second kappa shape index (κ2) is 7.68. The van der Waals surface area contributed by atoms with Gasteiger partial charge >= 0.3 is 0 Å². The minimum absolute atomic E-state index is 0.638. The van der Waals surface area contributed by atoms with Gasteiger partial charge in [0.1, 0.15) is 5.75 Å². The van der Waals surface area contributed by atoms with Crippen LogP contribution in [0.4, 0.5) is 0 Å². The molecule has 3 atom stereocenters. The lowest BCUT2D eigenvalue weighted by molar-refractivity contribution is 0.237. The Morgan fingerprint density at radius 2 is 2.05 bits per heavy atom. The summed E-state index contributed by atoms with van der Waals surface area (Å²) in [5.41, 5.74) is 1.41. The molecular formula is C18H29NO. The summed E-state index contributed by atoms with van der Waals surface area (Å²) in [6.45, 7) is 6.89. The van der Waals surface area contributed by atoms with Crippen LogP contribution in [0.1, 0.15) is 51.0 Å². The molecule has 1 saturated carbocycles. The first kappa shape index (κ1) is 15.4. The van der Waals surface area contributed by atoms with Gasteiger partial charge in [-0.25, -0.2) is 0 Å². The summed E-state index contributed by atoms with van der Waals surface area (Å²) in [4.78, 5) is 0. The van der Waals surface area contributed by atoms with E-state index >= 15 is 0 Å². The molecule has 0 heterocycles. The van der Waals surface area contributed by atoms with Crippen LogP contribution in [0, 0.1) is 11.8 Å². The molecular weight excluding hydrogens is 246 g/mol. The summed E-state index contributed by atoms with van der Waals surface area (Å²) >= 11 is 0. The highest BCUT2D eigenvalue weighted by Crippen LogP contribution is 2.43. The molecule has 0 saturated heterocycles. The molecule has 1 aromatic carbocycles. The highest BCUT2D eigenvalue weighted by atomic mass is 16.5. The standard InChI is InChI=1S/C18H29NO/c1-4-11-19-13-15-10-9-14(2)12-17(15)16-7-5-6-8-18(16)20-3/h5-8,14-15,17,19H,4,9-13H2,1-3H3. The van der Waals surface area contributed by atoms with Crippen LogP contribution in [0.2, 0.25) is 0 Å². The predicted octanol–water partition coefficient (Wildman–Crippen LogP) is 4.21. The first-order valence-corrected chi connectivity index (χ1v) is 8.09. The van der Waals surface area contributed by atoms with E-state index in [2.05, 4.69) is 43.4 Å². The number of para-hydroxylation sites is 1. The van der Waals surface area contributed by atoms with Gasteiger partial charge in [0.2, 0.25) is 0 Å². The van der Waals surface area contributed by atoms with E-state index in [9.17, 15) is 0 Å². The van der Waals surface area contributed by atoms with Gasteiger partial charge in [-0.15, -0.1) is 0 Å². The Labute approximate surface area is 123 Å². The number of nitrogens with one attached hydrogen (secondary N) is 1. The summed E-state index contributed by atoms with van der Waals surface area (Å²) < 4.78 is 5.59. The first-order valence-electron chi connectivity index (χ1n) is 8.09. The molecule has 0 amide bonds. The summed E-state index contributed by atoms with van der Waals surface area (Å²) in [5.74, 6) is 3.27. The smallest absolute Gasteiger partial charge is 0.122 e. The van der Waals surface area contributed by atoms with E-state index in [1.165, 1.54) is 31.2 Å². The average molecular weight is 275 g/mol. The van der Waals surface area contributed by atoms with Crippen LogP contribution in [-0.4, -0.2) is 20.2 Å². The van der Waals surface area contributed by atoms with E-state index in [1.807, 2.05) is 0 Å². The molecule has 112 valence electrons. The molecule has 0 spiro atoms. The van der Waals surface area contributed by atoms with Crippen molar-refractivity contribution in [3.63, 3.8) is 0 Å². The van der Waals surface area contributed by atoms with Gasteiger partial charge in [-0.3, -0.25) is 0 Å². The van der Waals surface area contributed by atoms with Crippen LogP contribution < -0.4 is 10.1 Å². The molecule has 1 N–H and O–H groups in total. The Hall–Kier alpha value is -1.02. The van der Waals surface area contributed by atoms with E-state index in [4.69, 9.17) is 4.74 Å². The highest BCUT2D eigenvalue weighted by molar-refractivity contribution is 5.37. The molecule has 1 fully saturated rings. The molecule has 3 unspecified atom stereocenters. The summed E-state index contributed by atoms with van der Waals surface area (Å²) in [5, 5.41) is 3.62. The second-order valence-corrected chi connectivity index (χ2v) is 6.23. The molecule has 2 nitrogen and oxygen atoms in total. The van der Waals surface area contributed by atoms with Gasteiger partial charge < -0.3 is 10.1 Å². The van der Waals surface area contributed by atoms with Crippen molar-refractivity contribution < 1.29 is 4.74 Å². The fraction of sp³-hybridized carbons (Fsp3) is 0.667. The van der Waals surface area contributed by atoms with Crippen molar-refractivity contribution in [2.24, 2.45) is 11.8 Å². The van der Waals surface area contributed by atoms with E-state index in [0.29, 0.717) is 5.92 Å². The number of methoxy groups -OCH3 is 1. The van der Waals surface area contributed by atoms with E-state index in [1.54, 1.807) is 7.11 Å². The third-order valence-corrected chi connectivity index (χ3v) is 4.63. The third-order valence-electron chi connectivity index (χ3n) is 4.63. The molecule has 1 aliphatic rings. The average Bonchev–Trinajstić information content (AvgIpc) is 2.49. The zero-order valence-corrected chi connectivity index (χ0v) is 13.2. The molecule has 2 rings (SSSR count). The number of hydrogen-bond donors (Lipinski definition) is 1. The van der Waals surface area contributed by atoms with Gasteiger partial charge in [0, 0.05) is 0 Å². The maximum absolute atomic E-state index is 5.59. The largest absolute Gasteiger partial charge is 0.496 e. The maximum Gasteiger partial charge on any atom is 0.122 e. The van der Waals surface area contributed by atoms with Crippen LogP contribution >= 0.6 is 0 Å². The zero-order chi connectivity index (χ0) is 14.4. The topological polar surface area (TPSA) is 21.3 Å². The normalized spacial score (nSPS) is 26.4. The molecule has 1 aliphatic carbocycles. The van der Waals surface area contributed by atoms with Gasteiger partial charge in [-0.2, -0.15) is 0 Å². The summed E-state index contributed by atoms with van der Waals surface area (Å²) in [7, 11) is 1.79. The van der Waals surface area contributed by atoms with Crippen LogP contribution in [-0.2, 0) is 0 Å². The fourth-order valence-electron chi connectivity index (χ4n) is 3.51. The maximum atomic E-state index is 5.59. The zero-order valence-electron chi connectivity index (χ0n) is 13.2. The Kier molecular flexibility index (Phi) is 5.90. The van der Waals surface area contributed by atoms with Crippen LogP contribution in [0.15, 0.2) is 24.3 Å². The van der Waals surface area contributed by atoms with Crippen molar-refractivity contribution in [2.45, 2.75) is 45.4 Å². The van der Waals surface area contributed by atoms with Crippen LogP contribution in [0.25, 0.3) is 0 Å². The lowest BCUT2D eigenvalue weighted by Gasteiger charge is -2.36. The predicted molar refractivity (Wildman–Crippen MR) is 85.4 cm³/mol. The fourth-order valence-corrected chi connectivity index (χ4v) is 3.51. The lowest BCUT2D eigenvalue weighted by Crippen LogP contribution is -2.32. The molecule has 0 bridgehead atoms. The number of benzene rings is 1. The quantitative estimate of drug-likeness (QED) is 0.785. The highest BCUT2D eigenvalue weighted by Gasteiger charge is 2.31. The van der Waals surface area contributed by atoms with Gasteiger partial charge in [0.25, 0.3) is 0 Å². The number of hydrogen-bond acceptors (Lipinski definition) is 2. The summed E-state index contributed by atoms with van der Waals surface area (Å²) in [6.07, 6.45) is 5.20. The Bertz CT molecular complexity index is 404. The van der Waals surface area contributed by atoms with Gasteiger partial charge in [-0.1, -0.05) is 38.5 Å². The number of ether oxygens (including phenoxy) is 1. The van der Waals surface area contributed by atoms with Crippen molar-refractivity contribution in [3.05, 3.63) is 29.8 Å². The van der Waals surface area contributed by atoms with Gasteiger partial charge in [-0.05, 0) is 61.7 Å². The lowest BCUT2D eigenvalue weighted by atomic mass is 9.71. The van der Waals surface area contributed by atoms with Crippen molar-refractivity contribution in [3.8, 4) is 5.75 Å². The van der Waals surface area contributed by atoms with Crippen molar-refractivity contribution >= 4 is 0 Å².